The number of rotatable bonds is 8. The Morgan fingerprint density at radius 1 is 1.06 bits per heavy atom. The van der Waals surface area contributed by atoms with Crippen LogP contribution in [0.25, 0.3) is 5.76 Å². The fourth-order valence-electron chi connectivity index (χ4n) is 4.39. The van der Waals surface area contributed by atoms with Crippen LogP contribution in [0.1, 0.15) is 23.6 Å². The molecule has 2 aromatic rings. The van der Waals surface area contributed by atoms with E-state index >= 15 is 0 Å². The first-order valence-corrected chi connectivity index (χ1v) is 11.4. The van der Waals surface area contributed by atoms with Crippen molar-refractivity contribution in [3.05, 3.63) is 53.1 Å². The number of aliphatic hydroxyl groups excluding tert-OH is 1. The number of ketones is 1. The Bertz CT molecular complexity index is 1160. The second-order valence-corrected chi connectivity index (χ2v) is 8.62. The van der Waals surface area contributed by atoms with Gasteiger partial charge >= 0.3 is 0 Å². The van der Waals surface area contributed by atoms with Gasteiger partial charge in [0.15, 0.2) is 11.5 Å². The van der Waals surface area contributed by atoms with Crippen molar-refractivity contribution in [2.45, 2.75) is 12.5 Å². The number of likely N-dealkylation sites (tertiary alicyclic amines) is 1. The average molecular weight is 483 g/mol. The zero-order valence-corrected chi connectivity index (χ0v) is 20.4. The second-order valence-electron chi connectivity index (χ2n) is 8.62. The van der Waals surface area contributed by atoms with Crippen LogP contribution in [0.5, 0.6) is 23.0 Å². The maximum atomic E-state index is 13.3. The highest BCUT2D eigenvalue weighted by atomic mass is 16.6. The molecule has 186 valence electrons. The number of hydrogen-bond acceptors (Lipinski definition) is 8. The lowest BCUT2D eigenvalue weighted by atomic mass is 9.94. The van der Waals surface area contributed by atoms with E-state index in [0.717, 1.165) is 6.54 Å². The zero-order valence-electron chi connectivity index (χ0n) is 20.4. The SMILES string of the molecule is COc1ccc(OC)c([C@@H]2/C(=C(/O)c3ccc4c(c3)OCCO4)C(=O)C(=O)N2CCCN(C)C)c1. The molecule has 1 saturated heterocycles. The Morgan fingerprint density at radius 3 is 2.49 bits per heavy atom. The third kappa shape index (κ3) is 4.77. The number of nitrogens with zero attached hydrogens (tertiary/aromatic N) is 2. The topological polar surface area (TPSA) is 97.8 Å². The zero-order chi connectivity index (χ0) is 25.1. The number of amides is 1. The number of ether oxygens (including phenoxy) is 4. The number of aliphatic hydroxyl groups is 1. The summed E-state index contributed by atoms with van der Waals surface area (Å²) < 4.78 is 22.2. The normalized spacial score (nSPS) is 18.8. The summed E-state index contributed by atoms with van der Waals surface area (Å²) in [6.45, 7) is 1.87. The quantitative estimate of drug-likeness (QED) is 0.349. The van der Waals surface area contributed by atoms with Crippen molar-refractivity contribution in [2.24, 2.45) is 0 Å². The molecule has 1 fully saturated rings. The van der Waals surface area contributed by atoms with E-state index in [1.807, 2.05) is 19.0 Å². The third-order valence-electron chi connectivity index (χ3n) is 6.09. The van der Waals surface area contributed by atoms with Crippen molar-refractivity contribution >= 4 is 17.4 Å². The summed E-state index contributed by atoms with van der Waals surface area (Å²) in [5.41, 5.74) is 0.894. The van der Waals surface area contributed by atoms with Gasteiger partial charge < -0.3 is 33.9 Å². The van der Waals surface area contributed by atoms with Crippen LogP contribution in [-0.4, -0.2) is 81.2 Å². The predicted octanol–water partition coefficient (Wildman–Crippen LogP) is 2.85. The van der Waals surface area contributed by atoms with Crippen LogP contribution in [0.2, 0.25) is 0 Å². The van der Waals surface area contributed by atoms with E-state index in [1.165, 1.54) is 19.1 Å². The summed E-state index contributed by atoms with van der Waals surface area (Å²) in [5.74, 6) is 0.335. The molecule has 4 rings (SSSR count). The van der Waals surface area contributed by atoms with E-state index in [-0.39, 0.29) is 11.3 Å². The highest BCUT2D eigenvalue weighted by Gasteiger charge is 2.47. The summed E-state index contributed by atoms with van der Waals surface area (Å²) in [4.78, 5) is 30.0. The molecule has 9 nitrogen and oxygen atoms in total. The Hall–Kier alpha value is -3.72. The standard InChI is InChI=1S/C26H30N2O7/c1-27(2)10-5-11-28-23(18-15-17(32-3)7-9-19(18)33-4)22(25(30)26(28)31)24(29)16-6-8-20-21(14-16)35-13-12-34-20/h6-9,14-15,23,29H,5,10-13H2,1-4H3/b24-22-/t23-/m1/s1. The Kier molecular flexibility index (Phi) is 7.16. The van der Waals surface area contributed by atoms with Gasteiger partial charge in [-0.25, -0.2) is 0 Å². The Morgan fingerprint density at radius 2 is 1.80 bits per heavy atom. The second kappa shape index (κ2) is 10.3. The minimum Gasteiger partial charge on any atom is -0.507 e. The van der Waals surface area contributed by atoms with Crippen molar-refractivity contribution in [2.75, 3.05) is 54.6 Å². The van der Waals surface area contributed by atoms with Crippen LogP contribution in [0.4, 0.5) is 0 Å². The molecular weight excluding hydrogens is 452 g/mol. The molecule has 0 radical (unpaired) electrons. The van der Waals surface area contributed by atoms with E-state index in [9.17, 15) is 14.7 Å². The molecule has 9 heteroatoms. The van der Waals surface area contributed by atoms with Crippen LogP contribution in [0.3, 0.4) is 0 Å². The van der Waals surface area contributed by atoms with Gasteiger partial charge in [0.25, 0.3) is 11.7 Å². The molecule has 35 heavy (non-hydrogen) atoms. The summed E-state index contributed by atoms with van der Waals surface area (Å²) in [6.07, 6.45) is 0.646. The molecule has 0 aliphatic carbocycles. The van der Waals surface area contributed by atoms with Crippen LogP contribution < -0.4 is 18.9 Å². The van der Waals surface area contributed by atoms with Gasteiger partial charge in [-0.05, 0) is 63.5 Å². The number of carbonyl (C=O) groups is 2. The van der Waals surface area contributed by atoms with Crippen molar-refractivity contribution < 1.29 is 33.6 Å². The van der Waals surface area contributed by atoms with Crippen molar-refractivity contribution in [1.29, 1.82) is 0 Å². The molecule has 0 spiro atoms. The summed E-state index contributed by atoms with van der Waals surface area (Å²) >= 11 is 0. The van der Waals surface area contributed by atoms with Crippen LogP contribution in [-0.2, 0) is 9.59 Å². The smallest absolute Gasteiger partial charge is 0.295 e. The van der Waals surface area contributed by atoms with Gasteiger partial charge in [0.2, 0.25) is 0 Å². The Balaban J connectivity index is 1.85. The van der Waals surface area contributed by atoms with Crippen LogP contribution in [0, 0.1) is 0 Å². The molecule has 1 N–H and O–H groups in total. The van der Waals surface area contributed by atoms with Gasteiger partial charge in [-0.2, -0.15) is 0 Å². The molecule has 1 amide bonds. The molecule has 2 heterocycles. The molecular formula is C26H30N2O7. The summed E-state index contributed by atoms with van der Waals surface area (Å²) in [7, 11) is 6.94. The number of benzene rings is 2. The number of carbonyl (C=O) groups excluding carboxylic acids is 2. The van der Waals surface area contributed by atoms with E-state index in [2.05, 4.69) is 0 Å². The molecule has 2 aliphatic rings. The monoisotopic (exact) mass is 482 g/mol. The maximum absolute atomic E-state index is 13.3. The number of Topliss-reactive ketones (excluding diaryl/α,β-unsaturated/α-hetero) is 1. The minimum absolute atomic E-state index is 0.0110. The summed E-state index contributed by atoms with van der Waals surface area (Å²) in [6, 6.07) is 9.27. The largest absolute Gasteiger partial charge is 0.507 e. The Labute approximate surface area is 204 Å². The van der Waals surface area contributed by atoms with Gasteiger partial charge in [-0.3, -0.25) is 9.59 Å². The lowest BCUT2D eigenvalue weighted by Gasteiger charge is -2.27. The number of methoxy groups -OCH3 is 2. The molecule has 0 saturated carbocycles. The van der Waals surface area contributed by atoms with Gasteiger partial charge in [-0.1, -0.05) is 0 Å². The molecule has 2 aromatic carbocycles. The van der Waals surface area contributed by atoms with Crippen LogP contribution >= 0.6 is 0 Å². The highest BCUT2D eigenvalue weighted by Crippen LogP contribution is 2.44. The number of hydrogen-bond donors (Lipinski definition) is 1. The third-order valence-corrected chi connectivity index (χ3v) is 6.09. The fourth-order valence-corrected chi connectivity index (χ4v) is 4.39. The van der Waals surface area contributed by atoms with Gasteiger partial charge in [0.1, 0.15) is 30.5 Å². The van der Waals surface area contributed by atoms with Crippen molar-refractivity contribution in [3.8, 4) is 23.0 Å². The van der Waals surface area contributed by atoms with Gasteiger partial charge in [0, 0.05) is 17.7 Å². The fraction of sp³-hybridized carbons (Fsp3) is 0.385. The first kappa shape index (κ1) is 24.4. The van der Waals surface area contributed by atoms with Gasteiger partial charge in [0.05, 0.1) is 25.8 Å². The molecule has 0 aromatic heterocycles. The minimum atomic E-state index is -0.851. The number of fused-ring (bicyclic) bond motifs is 1. The first-order valence-electron chi connectivity index (χ1n) is 11.4. The van der Waals surface area contributed by atoms with Crippen molar-refractivity contribution in [3.63, 3.8) is 0 Å². The predicted molar refractivity (Wildman–Crippen MR) is 129 cm³/mol. The summed E-state index contributed by atoms with van der Waals surface area (Å²) in [5, 5.41) is 11.4. The first-order chi connectivity index (χ1) is 16.8. The van der Waals surface area contributed by atoms with E-state index < -0.39 is 17.7 Å². The average Bonchev–Trinajstić information content (AvgIpc) is 3.12. The molecule has 2 aliphatic heterocycles. The van der Waals surface area contributed by atoms with E-state index in [0.29, 0.717) is 60.3 Å². The molecule has 0 unspecified atom stereocenters. The molecule has 1 atom stereocenters. The van der Waals surface area contributed by atoms with Crippen molar-refractivity contribution in [1.82, 2.24) is 9.80 Å². The van der Waals surface area contributed by atoms with Crippen LogP contribution in [0.15, 0.2) is 42.0 Å². The molecule has 0 bridgehead atoms. The maximum Gasteiger partial charge on any atom is 0.295 e. The lowest BCUT2D eigenvalue weighted by Crippen LogP contribution is -2.32. The van der Waals surface area contributed by atoms with E-state index in [4.69, 9.17) is 18.9 Å². The highest BCUT2D eigenvalue weighted by molar-refractivity contribution is 6.46. The van der Waals surface area contributed by atoms with E-state index in [1.54, 1.807) is 36.4 Å². The lowest BCUT2D eigenvalue weighted by molar-refractivity contribution is -0.140. The van der Waals surface area contributed by atoms with Gasteiger partial charge in [-0.15, -0.1) is 0 Å².